The summed E-state index contributed by atoms with van der Waals surface area (Å²) < 4.78 is 5.15. The van der Waals surface area contributed by atoms with Gasteiger partial charge in [-0.3, -0.25) is 4.79 Å². The Morgan fingerprint density at radius 1 is 1.24 bits per heavy atom. The number of nitrogens with one attached hydrogen (secondary N) is 1. The molecule has 0 amide bonds. The average molecular weight is 247 g/mol. The second kappa shape index (κ2) is 6.93. The highest BCUT2D eigenvalue weighted by Gasteiger charge is 2.26. The van der Waals surface area contributed by atoms with Gasteiger partial charge in [0.25, 0.3) is 0 Å². The van der Waals surface area contributed by atoms with Crippen LogP contribution in [-0.2, 0) is 9.53 Å². The lowest BCUT2D eigenvalue weighted by Crippen LogP contribution is -2.51. The second-order valence-corrected chi connectivity index (χ2v) is 5.21. The molecule has 0 spiro atoms. The second-order valence-electron chi connectivity index (χ2n) is 5.21. The summed E-state index contributed by atoms with van der Waals surface area (Å²) >= 11 is 0. The number of esters is 1. The number of aliphatic hydroxyl groups excluding tert-OH is 2. The largest absolute Gasteiger partial charge is 0.460 e. The fraction of sp³-hybridized carbons (Fsp3) is 0.917. The number of hydrogen-bond donors (Lipinski definition) is 3. The molecule has 102 valence electrons. The van der Waals surface area contributed by atoms with E-state index in [9.17, 15) is 15.0 Å². The molecule has 0 atom stereocenters. The molecule has 5 heteroatoms. The minimum atomic E-state index is -0.706. The van der Waals surface area contributed by atoms with Gasteiger partial charge in [0.05, 0.1) is 25.2 Å². The summed E-state index contributed by atoms with van der Waals surface area (Å²) in [5, 5.41) is 21.4. The molecule has 0 unspecified atom stereocenters. The van der Waals surface area contributed by atoms with Crippen LogP contribution in [0.15, 0.2) is 0 Å². The van der Waals surface area contributed by atoms with Crippen LogP contribution in [0.1, 0.15) is 40.5 Å². The summed E-state index contributed by atoms with van der Waals surface area (Å²) in [5.74, 6) is -0.286. The van der Waals surface area contributed by atoms with Crippen molar-refractivity contribution >= 4 is 5.97 Å². The van der Waals surface area contributed by atoms with E-state index in [1.807, 2.05) is 27.7 Å². The number of carbonyl (C=O) groups is 1. The zero-order valence-electron chi connectivity index (χ0n) is 11.2. The van der Waals surface area contributed by atoms with Gasteiger partial charge < -0.3 is 20.3 Å². The SMILES string of the molecule is CCC(CO)(CO)NCCC(=O)OC(C)(C)C. The van der Waals surface area contributed by atoms with Crippen molar-refractivity contribution in [1.82, 2.24) is 5.32 Å². The highest BCUT2D eigenvalue weighted by molar-refractivity contribution is 5.70. The normalized spacial score (nSPS) is 12.6. The molecule has 0 saturated carbocycles. The van der Waals surface area contributed by atoms with Gasteiger partial charge in [0, 0.05) is 6.54 Å². The van der Waals surface area contributed by atoms with Crippen LogP contribution < -0.4 is 5.32 Å². The van der Waals surface area contributed by atoms with E-state index in [1.165, 1.54) is 0 Å². The van der Waals surface area contributed by atoms with Gasteiger partial charge in [-0.05, 0) is 27.2 Å². The Hall–Kier alpha value is -0.650. The molecule has 0 radical (unpaired) electrons. The average Bonchev–Trinajstić information content (AvgIpc) is 2.22. The van der Waals surface area contributed by atoms with Crippen molar-refractivity contribution in [2.24, 2.45) is 0 Å². The summed E-state index contributed by atoms with van der Waals surface area (Å²) in [5.41, 5.74) is -1.19. The molecule has 0 aromatic heterocycles. The van der Waals surface area contributed by atoms with Gasteiger partial charge in [0.15, 0.2) is 0 Å². The Morgan fingerprint density at radius 3 is 2.12 bits per heavy atom. The van der Waals surface area contributed by atoms with Gasteiger partial charge in [0.2, 0.25) is 0 Å². The first-order chi connectivity index (χ1) is 7.78. The number of aliphatic hydroxyl groups is 2. The van der Waals surface area contributed by atoms with Crippen LogP contribution in [0.2, 0.25) is 0 Å². The lowest BCUT2D eigenvalue weighted by molar-refractivity contribution is -0.154. The molecule has 5 nitrogen and oxygen atoms in total. The first-order valence-electron chi connectivity index (χ1n) is 5.97. The van der Waals surface area contributed by atoms with Gasteiger partial charge in [-0.2, -0.15) is 0 Å². The zero-order valence-corrected chi connectivity index (χ0v) is 11.2. The monoisotopic (exact) mass is 247 g/mol. The quantitative estimate of drug-likeness (QED) is 0.569. The molecule has 0 heterocycles. The van der Waals surface area contributed by atoms with E-state index < -0.39 is 11.1 Å². The van der Waals surface area contributed by atoms with Gasteiger partial charge in [0.1, 0.15) is 5.60 Å². The Morgan fingerprint density at radius 2 is 1.76 bits per heavy atom. The molecule has 0 aliphatic rings. The van der Waals surface area contributed by atoms with Crippen molar-refractivity contribution < 1.29 is 19.7 Å². The molecule has 0 rings (SSSR count). The number of rotatable bonds is 7. The first kappa shape index (κ1) is 16.4. The molecule has 0 saturated heterocycles. The topological polar surface area (TPSA) is 78.8 Å². The van der Waals surface area contributed by atoms with Gasteiger partial charge >= 0.3 is 5.97 Å². The summed E-state index contributed by atoms with van der Waals surface area (Å²) in [6.45, 7) is 7.38. The van der Waals surface area contributed by atoms with Crippen LogP contribution in [0.4, 0.5) is 0 Å². The molecular weight excluding hydrogens is 222 g/mol. The van der Waals surface area contributed by atoms with Crippen LogP contribution in [-0.4, -0.2) is 47.1 Å². The highest BCUT2D eigenvalue weighted by Crippen LogP contribution is 2.10. The van der Waals surface area contributed by atoms with Crippen LogP contribution in [0.5, 0.6) is 0 Å². The van der Waals surface area contributed by atoms with E-state index in [4.69, 9.17) is 4.74 Å². The van der Waals surface area contributed by atoms with E-state index in [2.05, 4.69) is 5.32 Å². The summed E-state index contributed by atoms with van der Waals surface area (Å²) in [6, 6.07) is 0. The molecule has 0 bridgehead atoms. The van der Waals surface area contributed by atoms with E-state index in [0.717, 1.165) is 0 Å². The molecule has 0 aromatic rings. The predicted molar refractivity (Wildman–Crippen MR) is 65.7 cm³/mol. The standard InChI is InChI=1S/C12H25NO4/c1-5-12(8-14,9-15)13-7-6-10(16)17-11(2,3)4/h13-15H,5-9H2,1-4H3. The smallest absolute Gasteiger partial charge is 0.307 e. The minimum Gasteiger partial charge on any atom is -0.460 e. The zero-order chi connectivity index (χ0) is 13.5. The summed E-state index contributed by atoms with van der Waals surface area (Å²) in [7, 11) is 0. The van der Waals surface area contributed by atoms with Crippen molar-refractivity contribution in [3.63, 3.8) is 0 Å². The maximum absolute atomic E-state index is 11.4. The predicted octanol–water partition coefficient (Wildman–Crippen LogP) is 0.441. The Balaban J connectivity index is 4.01. The van der Waals surface area contributed by atoms with Crippen LogP contribution >= 0.6 is 0 Å². The van der Waals surface area contributed by atoms with Crippen molar-refractivity contribution in [3.05, 3.63) is 0 Å². The molecule has 0 aliphatic heterocycles. The fourth-order valence-electron chi connectivity index (χ4n) is 1.33. The fourth-order valence-corrected chi connectivity index (χ4v) is 1.33. The van der Waals surface area contributed by atoms with Crippen molar-refractivity contribution in [2.75, 3.05) is 19.8 Å². The molecule has 0 aromatic carbocycles. The van der Waals surface area contributed by atoms with Crippen molar-refractivity contribution in [3.8, 4) is 0 Å². The van der Waals surface area contributed by atoms with E-state index >= 15 is 0 Å². The van der Waals surface area contributed by atoms with Gasteiger partial charge in [-0.25, -0.2) is 0 Å². The van der Waals surface area contributed by atoms with Crippen molar-refractivity contribution in [2.45, 2.75) is 51.7 Å². The number of ether oxygens (including phenoxy) is 1. The molecule has 17 heavy (non-hydrogen) atoms. The number of hydrogen-bond acceptors (Lipinski definition) is 5. The maximum Gasteiger partial charge on any atom is 0.307 e. The highest BCUT2D eigenvalue weighted by atomic mass is 16.6. The van der Waals surface area contributed by atoms with E-state index in [-0.39, 0.29) is 25.6 Å². The lowest BCUT2D eigenvalue weighted by Gasteiger charge is -2.30. The maximum atomic E-state index is 11.4. The van der Waals surface area contributed by atoms with E-state index in [1.54, 1.807) is 0 Å². The molecule has 0 aliphatic carbocycles. The Labute approximate surface area is 103 Å². The third-order valence-electron chi connectivity index (χ3n) is 2.53. The van der Waals surface area contributed by atoms with Gasteiger partial charge in [-0.15, -0.1) is 0 Å². The molecule has 3 N–H and O–H groups in total. The minimum absolute atomic E-state index is 0.158. The van der Waals surface area contributed by atoms with E-state index in [0.29, 0.717) is 13.0 Å². The van der Waals surface area contributed by atoms with Crippen LogP contribution in [0.25, 0.3) is 0 Å². The van der Waals surface area contributed by atoms with Gasteiger partial charge in [-0.1, -0.05) is 6.92 Å². The third kappa shape index (κ3) is 6.61. The van der Waals surface area contributed by atoms with Crippen LogP contribution in [0.3, 0.4) is 0 Å². The summed E-state index contributed by atoms with van der Waals surface area (Å²) in [6.07, 6.45) is 0.813. The first-order valence-corrected chi connectivity index (χ1v) is 5.97. The Bertz CT molecular complexity index is 223. The third-order valence-corrected chi connectivity index (χ3v) is 2.53. The Kier molecular flexibility index (Phi) is 6.67. The van der Waals surface area contributed by atoms with Crippen LogP contribution in [0, 0.1) is 0 Å². The number of carbonyl (C=O) groups excluding carboxylic acids is 1. The summed E-state index contributed by atoms with van der Waals surface area (Å²) in [4.78, 5) is 11.4. The molecule has 0 fully saturated rings. The lowest BCUT2D eigenvalue weighted by atomic mass is 9.98. The van der Waals surface area contributed by atoms with Crippen molar-refractivity contribution in [1.29, 1.82) is 0 Å². The molecular formula is C12H25NO4.